The average molecular weight is 361 g/mol. The number of Topliss-reactive ketones (excluding diaryl/α,β-unsaturated/α-hetero) is 1. The maximum atomic E-state index is 14.2. The van der Waals surface area contributed by atoms with Gasteiger partial charge in [-0.3, -0.25) is 14.2 Å². The van der Waals surface area contributed by atoms with Crippen LogP contribution < -0.4 is 11.2 Å². The third-order valence-corrected chi connectivity index (χ3v) is 3.73. The van der Waals surface area contributed by atoms with E-state index in [0.717, 1.165) is 19.2 Å². The third kappa shape index (κ3) is 3.28. The molecular formula is C15H12ClF3N2O3. The van der Waals surface area contributed by atoms with Gasteiger partial charge in [-0.2, -0.15) is 0 Å². The van der Waals surface area contributed by atoms with Crippen LogP contribution >= 0.6 is 11.6 Å². The summed E-state index contributed by atoms with van der Waals surface area (Å²) in [5.41, 5.74) is -3.26. The van der Waals surface area contributed by atoms with Gasteiger partial charge >= 0.3 is 5.69 Å². The van der Waals surface area contributed by atoms with Crippen LogP contribution in [-0.4, -0.2) is 14.9 Å². The van der Waals surface area contributed by atoms with Gasteiger partial charge in [-0.1, -0.05) is 11.6 Å². The normalized spacial score (nSPS) is 11.1. The molecule has 1 aromatic heterocycles. The lowest BCUT2D eigenvalue weighted by atomic mass is 10.1. The lowest BCUT2D eigenvalue weighted by Gasteiger charge is -2.13. The quantitative estimate of drug-likeness (QED) is 0.841. The number of ketones is 1. The third-order valence-electron chi connectivity index (χ3n) is 3.38. The van der Waals surface area contributed by atoms with Gasteiger partial charge in [0.25, 0.3) is 12.0 Å². The lowest BCUT2D eigenvalue weighted by Crippen LogP contribution is -2.39. The highest BCUT2D eigenvalue weighted by Gasteiger charge is 2.20. The van der Waals surface area contributed by atoms with Crippen LogP contribution in [0.4, 0.5) is 13.2 Å². The van der Waals surface area contributed by atoms with Gasteiger partial charge in [0, 0.05) is 24.6 Å². The second-order valence-corrected chi connectivity index (χ2v) is 5.57. The number of hydrogen-bond acceptors (Lipinski definition) is 3. The predicted octanol–water partition coefficient (Wildman–Crippen LogP) is 2.40. The van der Waals surface area contributed by atoms with E-state index < -0.39 is 34.9 Å². The van der Waals surface area contributed by atoms with Gasteiger partial charge in [0.1, 0.15) is 11.6 Å². The van der Waals surface area contributed by atoms with E-state index in [2.05, 4.69) is 0 Å². The van der Waals surface area contributed by atoms with Gasteiger partial charge in [-0.25, -0.2) is 22.5 Å². The Labute approximate surface area is 138 Å². The maximum absolute atomic E-state index is 14.2. The van der Waals surface area contributed by atoms with E-state index in [1.54, 1.807) is 0 Å². The van der Waals surface area contributed by atoms with Gasteiger partial charge in [-0.15, -0.1) is 0 Å². The molecule has 0 spiro atoms. The summed E-state index contributed by atoms with van der Waals surface area (Å²) in [5.74, 6) is -1.25. The highest BCUT2D eigenvalue weighted by Crippen LogP contribution is 2.23. The average Bonchev–Trinajstić information content (AvgIpc) is 2.46. The Bertz CT molecular complexity index is 935. The van der Waals surface area contributed by atoms with Gasteiger partial charge in [-0.05, 0) is 24.6 Å². The number of rotatable bonds is 4. The number of hydrogen-bond donors (Lipinski definition) is 0. The Morgan fingerprint density at radius 3 is 2.42 bits per heavy atom. The largest absolute Gasteiger partial charge is 0.335 e. The Hall–Kier alpha value is -2.35. The number of aromatic nitrogens is 2. The van der Waals surface area contributed by atoms with Crippen LogP contribution in [0.1, 0.15) is 24.6 Å². The van der Waals surface area contributed by atoms with E-state index in [4.69, 9.17) is 11.6 Å². The summed E-state index contributed by atoms with van der Waals surface area (Å²) < 4.78 is 40.8. The Morgan fingerprint density at radius 2 is 1.88 bits per heavy atom. The molecular weight excluding hydrogens is 349 g/mol. The second kappa shape index (κ2) is 6.64. The molecule has 128 valence electrons. The molecule has 0 atom stereocenters. The predicted molar refractivity (Wildman–Crippen MR) is 81.6 cm³/mol. The zero-order chi connectivity index (χ0) is 18.2. The molecule has 1 aromatic carbocycles. The molecule has 5 nitrogen and oxygen atoms in total. The number of carbonyl (C=O) groups excluding carboxylic acids is 1. The molecule has 0 fully saturated rings. The van der Waals surface area contributed by atoms with Crippen LogP contribution in [0.25, 0.3) is 5.69 Å². The minimum absolute atomic E-state index is 0.0412. The molecule has 0 bridgehead atoms. The fourth-order valence-electron chi connectivity index (χ4n) is 2.23. The first kappa shape index (κ1) is 18.0. The minimum atomic E-state index is -3.03. The first-order chi connectivity index (χ1) is 11.1. The van der Waals surface area contributed by atoms with Gasteiger partial charge in [0.2, 0.25) is 0 Å². The van der Waals surface area contributed by atoms with Crippen molar-refractivity contribution in [3.63, 3.8) is 0 Å². The minimum Gasteiger partial charge on any atom is -0.300 e. The Kier molecular flexibility index (Phi) is 4.98. The maximum Gasteiger partial charge on any atom is 0.335 e. The van der Waals surface area contributed by atoms with E-state index in [0.29, 0.717) is 15.2 Å². The molecule has 0 unspecified atom stereocenters. The van der Waals surface area contributed by atoms with E-state index >= 15 is 0 Å². The second-order valence-electron chi connectivity index (χ2n) is 5.16. The zero-order valence-corrected chi connectivity index (χ0v) is 13.4. The molecule has 0 radical (unpaired) electrons. The zero-order valence-electron chi connectivity index (χ0n) is 12.6. The van der Waals surface area contributed by atoms with Crippen molar-refractivity contribution in [2.75, 3.05) is 0 Å². The van der Waals surface area contributed by atoms with E-state index in [9.17, 15) is 27.6 Å². The van der Waals surface area contributed by atoms with Gasteiger partial charge in [0.05, 0.1) is 11.4 Å². The SMILES string of the molecule is CC(=O)Cc1cc(-n2c(=O)cc(C(F)F)n(C)c2=O)c(F)cc1Cl. The number of carbonyl (C=O) groups is 1. The molecule has 1 heterocycles. The molecule has 0 aliphatic heterocycles. The smallest absolute Gasteiger partial charge is 0.300 e. The molecule has 0 saturated heterocycles. The number of benzene rings is 1. The summed E-state index contributed by atoms with van der Waals surface area (Å²) in [4.78, 5) is 35.5. The van der Waals surface area contributed by atoms with Crippen molar-refractivity contribution in [1.29, 1.82) is 0 Å². The molecule has 2 aromatic rings. The molecule has 2 rings (SSSR count). The van der Waals surface area contributed by atoms with Crippen molar-refractivity contribution in [1.82, 2.24) is 9.13 Å². The fourth-order valence-corrected chi connectivity index (χ4v) is 2.45. The highest BCUT2D eigenvalue weighted by atomic mass is 35.5. The van der Waals surface area contributed by atoms with E-state index in [-0.39, 0.29) is 22.8 Å². The summed E-state index contributed by atoms with van der Waals surface area (Å²) >= 11 is 5.85. The van der Waals surface area contributed by atoms with Crippen molar-refractivity contribution in [3.8, 4) is 5.69 Å². The molecule has 0 N–H and O–H groups in total. The molecule has 0 aliphatic carbocycles. The van der Waals surface area contributed by atoms with Crippen LogP contribution in [0.2, 0.25) is 5.02 Å². The molecule has 9 heteroatoms. The summed E-state index contributed by atoms with van der Waals surface area (Å²) in [6.07, 6.45) is -3.16. The van der Waals surface area contributed by atoms with Crippen LogP contribution in [0.3, 0.4) is 0 Å². The number of alkyl halides is 2. The summed E-state index contributed by atoms with van der Waals surface area (Å²) in [5, 5.41) is -0.0412. The summed E-state index contributed by atoms with van der Waals surface area (Å²) in [7, 11) is 1.05. The van der Waals surface area contributed by atoms with Crippen LogP contribution in [0, 0.1) is 5.82 Å². The molecule has 24 heavy (non-hydrogen) atoms. The van der Waals surface area contributed by atoms with Crippen molar-refractivity contribution in [2.45, 2.75) is 19.8 Å². The summed E-state index contributed by atoms with van der Waals surface area (Å²) in [6.45, 7) is 1.29. The standard InChI is InChI=1S/C15H12ClF3N2O3/c1-7(22)3-8-4-11(10(17)5-9(8)16)21-13(23)6-12(14(18)19)20(2)15(21)24/h4-6,14H,3H2,1-2H3. The number of halogens is 4. The first-order valence-corrected chi connectivity index (χ1v) is 7.10. The Morgan fingerprint density at radius 1 is 1.25 bits per heavy atom. The Balaban J connectivity index is 2.78. The number of nitrogens with zero attached hydrogens (tertiary/aromatic N) is 2. The van der Waals surface area contributed by atoms with Crippen molar-refractivity contribution in [3.05, 3.63) is 61.1 Å². The topological polar surface area (TPSA) is 61.1 Å². The lowest BCUT2D eigenvalue weighted by molar-refractivity contribution is -0.116. The van der Waals surface area contributed by atoms with Crippen LogP contribution in [0.15, 0.2) is 27.8 Å². The first-order valence-electron chi connectivity index (χ1n) is 6.72. The van der Waals surface area contributed by atoms with Crippen molar-refractivity contribution in [2.24, 2.45) is 7.05 Å². The van der Waals surface area contributed by atoms with Crippen molar-refractivity contribution >= 4 is 17.4 Å². The highest BCUT2D eigenvalue weighted by molar-refractivity contribution is 6.31. The van der Waals surface area contributed by atoms with Crippen LogP contribution in [0.5, 0.6) is 0 Å². The molecule has 0 aliphatic rings. The van der Waals surface area contributed by atoms with Gasteiger partial charge in [0.15, 0.2) is 0 Å². The van der Waals surface area contributed by atoms with E-state index in [1.807, 2.05) is 0 Å². The summed E-state index contributed by atoms with van der Waals surface area (Å²) in [6, 6.07) is 2.51. The molecule has 0 amide bonds. The monoisotopic (exact) mass is 360 g/mol. The molecule has 0 saturated carbocycles. The van der Waals surface area contributed by atoms with Crippen molar-refractivity contribution < 1.29 is 18.0 Å². The van der Waals surface area contributed by atoms with Crippen LogP contribution in [-0.2, 0) is 18.3 Å². The fraction of sp³-hybridized carbons (Fsp3) is 0.267. The van der Waals surface area contributed by atoms with Gasteiger partial charge < -0.3 is 0 Å². The van der Waals surface area contributed by atoms with E-state index in [1.165, 1.54) is 6.92 Å².